The molecule has 1 rings (SSSR count). The summed E-state index contributed by atoms with van der Waals surface area (Å²) in [4.78, 5) is 1.18. The van der Waals surface area contributed by atoms with Crippen molar-refractivity contribution in [1.29, 1.82) is 0 Å². The Bertz CT molecular complexity index is 299. The van der Waals surface area contributed by atoms with Gasteiger partial charge in [-0.2, -0.15) is 0 Å². The van der Waals surface area contributed by atoms with E-state index in [1.54, 1.807) is 11.8 Å². The number of thioether (sulfide) groups is 1. The standard InChI is InChI=1S/C11H16O2S/c1-8-3-4-9(2)11(5-8)14-7-10(13)6-12/h3-5,10,12-13H,6-7H2,1-2H3. The number of aliphatic hydroxyl groups excluding tert-OH is 2. The third-order valence-corrected chi connectivity index (χ3v) is 3.29. The van der Waals surface area contributed by atoms with Crippen LogP contribution >= 0.6 is 11.8 Å². The van der Waals surface area contributed by atoms with Crippen LogP contribution in [0.2, 0.25) is 0 Å². The maximum atomic E-state index is 9.21. The summed E-state index contributed by atoms with van der Waals surface area (Å²) < 4.78 is 0. The number of hydrogen-bond donors (Lipinski definition) is 2. The third-order valence-electron chi connectivity index (χ3n) is 1.99. The minimum absolute atomic E-state index is 0.169. The van der Waals surface area contributed by atoms with Crippen molar-refractivity contribution < 1.29 is 10.2 Å². The molecule has 0 amide bonds. The Balaban J connectivity index is 2.62. The van der Waals surface area contributed by atoms with Crippen molar-refractivity contribution in [3.63, 3.8) is 0 Å². The molecule has 14 heavy (non-hydrogen) atoms. The van der Waals surface area contributed by atoms with E-state index in [4.69, 9.17) is 5.11 Å². The van der Waals surface area contributed by atoms with E-state index >= 15 is 0 Å². The van der Waals surface area contributed by atoms with Gasteiger partial charge in [0.25, 0.3) is 0 Å². The Hall–Kier alpha value is -0.510. The Morgan fingerprint density at radius 1 is 1.36 bits per heavy atom. The van der Waals surface area contributed by atoms with Crippen LogP contribution in [0.4, 0.5) is 0 Å². The van der Waals surface area contributed by atoms with Crippen molar-refractivity contribution in [2.45, 2.75) is 24.8 Å². The fraction of sp³-hybridized carbons (Fsp3) is 0.455. The summed E-state index contributed by atoms with van der Waals surface area (Å²) in [6.07, 6.45) is -0.625. The predicted octanol–water partition coefficient (Wildman–Crippen LogP) is 1.75. The Morgan fingerprint density at radius 2 is 2.07 bits per heavy atom. The molecule has 0 saturated heterocycles. The minimum atomic E-state index is -0.625. The molecule has 0 aliphatic rings. The highest BCUT2D eigenvalue weighted by atomic mass is 32.2. The van der Waals surface area contributed by atoms with Crippen LogP contribution in [0.1, 0.15) is 11.1 Å². The topological polar surface area (TPSA) is 40.5 Å². The van der Waals surface area contributed by atoms with Crippen LogP contribution in [0.5, 0.6) is 0 Å². The Morgan fingerprint density at radius 3 is 2.71 bits per heavy atom. The third kappa shape index (κ3) is 3.33. The fourth-order valence-corrected chi connectivity index (χ4v) is 2.14. The first kappa shape index (κ1) is 11.6. The van der Waals surface area contributed by atoms with Crippen LogP contribution in [0.15, 0.2) is 23.1 Å². The van der Waals surface area contributed by atoms with Gasteiger partial charge in [0.15, 0.2) is 0 Å². The lowest BCUT2D eigenvalue weighted by molar-refractivity contribution is 0.113. The van der Waals surface area contributed by atoms with Gasteiger partial charge in [-0.15, -0.1) is 11.8 Å². The maximum Gasteiger partial charge on any atom is 0.0864 e. The molecule has 0 bridgehead atoms. The summed E-state index contributed by atoms with van der Waals surface area (Å²) in [6, 6.07) is 6.24. The first-order valence-corrected chi connectivity index (χ1v) is 5.61. The fourth-order valence-electron chi connectivity index (χ4n) is 1.10. The Kier molecular flexibility index (Phi) is 4.45. The molecule has 3 heteroatoms. The number of benzene rings is 1. The second-order valence-corrected chi connectivity index (χ2v) is 4.48. The number of rotatable bonds is 4. The van der Waals surface area contributed by atoms with E-state index in [0.717, 1.165) is 0 Å². The van der Waals surface area contributed by atoms with Crippen molar-refractivity contribution in [2.24, 2.45) is 0 Å². The van der Waals surface area contributed by atoms with E-state index in [0.29, 0.717) is 5.75 Å². The van der Waals surface area contributed by atoms with Crippen LogP contribution in [-0.4, -0.2) is 28.7 Å². The van der Waals surface area contributed by atoms with Gasteiger partial charge in [-0.05, 0) is 25.5 Å². The quantitative estimate of drug-likeness (QED) is 0.747. The summed E-state index contributed by atoms with van der Waals surface area (Å²) in [7, 11) is 0. The number of aliphatic hydroxyl groups is 2. The van der Waals surface area contributed by atoms with Gasteiger partial charge in [-0.3, -0.25) is 0 Å². The molecule has 1 atom stereocenters. The molecule has 0 aromatic heterocycles. The molecule has 1 unspecified atom stereocenters. The molecular formula is C11H16O2S. The zero-order valence-corrected chi connectivity index (χ0v) is 9.34. The van der Waals surface area contributed by atoms with E-state index < -0.39 is 6.10 Å². The number of hydrogen-bond acceptors (Lipinski definition) is 3. The Labute approximate surface area is 89.0 Å². The second kappa shape index (κ2) is 5.39. The van der Waals surface area contributed by atoms with E-state index in [1.165, 1.54) is 16.0 Å². The van der Waals surface area contributed by atoms with Crippen molar-refractivity contribution in [2.75, 3.05) is 12.4 Å². The zero-order chi connectivity index (χ0) is 10.6. The van der Waals surface area contributed by atoms with Gasteiger partial charge < -0.3 is 10.2 Å². The average Bonchev–Trinajstić information content (AvgIpc) is 2.19. The monoisotopic (exact) mass is 212 g/mol. The summed E-state index contributed by atoms with van der Waals surface area (Å²) in [5.74, 6) is 0.542. The number of aryl methyl sites for hydroxylation is 2. The summed E-state index contributed by atoms with van der Waals surface area (Å²) in [5, 5.41) is 17.9. The SMILES string of the molecule is Cc1ccc(C)c(SCC(O)CO)c1. The molecule has 0 aliphatic heterocycles. The minimum Gasteiger partial charge on any atom is -0.394 e. The largest absolute Gasteiger partial charge is 0.394 e. The van der Waals surface area contributed by atoms with Crippen LogP contribution in [-0.2, 0) is 0 Å². The van der Waals surface area contributed by atoms with Crippen LogP contribution < -0.4 is 0 Å². The van der Waals surface area contributed by atoms with Gasteiger partial charge in [0.05, 0.1) is 12.7 Å². The van der Waals surface area contributed by atoms with Crippen LogP contribution in [0.25, 0.3) is 0 Å². The van der Waals surface area contributed by atoms with Crippen molar-refractivity contribution in [3.8, 4) is 0 Å². The van der Waals surface area contributed by atoms with E-state index in [-0.39, 0.29) is 6.61 Å². The molecule has 0 fully saturated rings. The molecule has 78 valence electrons. The van der Waals surface area contributed by atoms with Gasteiger partial charge in [-0.1, -0.05) is 17.7 Å². The smallest absolute Gasteiger partial charge is 0.0864 e. The van der Waals surface area contributed by atoms with Crippen molar-refractivity contribution >= 4 is 11.8 Å². The highest BCUT2D eigenvalue weighted by Crippen LogP contribution is 2.23. The molecule has 0 aliphatic carbocycles. The lowest BCUT2D eigenvalue weighted by atomic mass is 10.2. The average molecular weight is 212 g/mol. The maximum absolute atomic E-state index is 9.21. The summed E-state index contributed by atoms with van der Waals surface area (Å²) in [5.41, 5.74) is 2.43. The van der Waals surface area contributed by atoms with E-state index in [1.807, 2.05) is 13.8 Å². The first-order chi connectivity index (χ1) is 6.63. The predicted molar refractivity (Wildman–Crippen MR) is 59.7 cm³/mol. The van der Waals surface area contributed by atoms with Crippen LogP contribution in [0.3, 0.4) is 0 Å². The van der Waals surface area contributed by atoms with Gasteiger partial charge in [0.1, 0.15) is 0 Å². The van der Waals surface area contributed by atoms with E-state index in [9.17, 15) is 5.11 Å². The first-order valence-electron chi connectivity index (χ1n) is 4.62. The molecule has 2 N–H and O–H groups in total. The van der Waals surface area contributed by atoms with E-state index in [2.05, 4.69) is 18.2 Å². The van der Waals surface area contributed by atoms with Gasteiger partial charge in [0.2, 0.25) is 0 Å². The molecule has 1 aromatic carbocycles. The highest BCUT2D eigenvalue weighted by Gasteiger charge is 2.04. The van der Waals surface area contributed by atoms with Crippen LogP contribution in [0, 0.1) is 13.8 Å². The highest BCUT2D eigenvalue weighted by molar-refractivity contribution is 7.99. The van der Waals surface area contributed by atoms with Gasteiger partial charge in [0, 0.05) is 10.6 Å². The molecule has 2 nitrogen and oxygen atoms in total. The molecular weight excluding hydrogens is 196 g/mol. The summed E-state index contributed by atoms with van der Waals surface area (Å²) in [6.45, 7) is 3.93. The summed E-state index contributed by atoms with van der Waals surface area (Å²) >= 11 is 1.58. The van der Waals surface area contributed by atoms with Crippen molar-refractivity contribution in [3.05, 3.63) is 29.3 Å². The lowest BCUT2D eigenvalue weighted by Gasteiger charge is -2.09. The molecule has 0 spiro atoms. The van der Waals surface area contributed by atoms with Gasteiger partial charge >= 0.3 is 0 Å². The molecule has 0 heterocycles. The van der Waals surface area contributed by atoms with Gasteiger partial charge in [-0.25, -0.2) is 0 Å². The second-order valence-electron chi connectivity index (χ2n) is 3.42. The zero-order valence-electron chi connectivity index (χ0n) is 8.53. The van der Waals surface area contributed by atoms with Crippen molar-refractivity contribution in [1.82, 2.24) is 0 Å². The molecule has 1 aromatic rings. The lowest BCUT2D eigenvalue weighted by Crippen LogP contribution is -2.14. The molecule has 0 saturated carbocycles. The normalized spacial score (nSPS) is 12.9. The molecule has 0 radical (unpaired) electrons.